The minimum atomic E-state index is -5.77. The second-order valence-electron chi connectivity index (χ2n) is 3.67. The van der Waals surface area contributed by atoms with Gasteiger partial charge in [0.1, 0.15) is 17.5 Å². The van der Waals surface area contributed by atoms with Crippen molar-refractivity contribution in [3.05, 3.63) is 23.8 Å². The van der Waals surface area contributed by atoms with Gasteiger partial charge in [-0.25, -0.2) is 0 Å². The summed E-state index contributed by atoms with van der Waals surface area (Å²) in [6.07, 6.45) is -5.77. The molecule has 0 saturated heterocycles. The van der Waals surface area contributed by atoms with Crippen molar-refractivity contribution in [1.82, 2.24) is 0 Å². The standard InChI is InChI=1S/C11H12F5NO2.ClH/c1-18-6-4-3-5-7(19-2)8(6)9(17)10(12,13)11(14,15)16;/h3-5,9H,17H2,1-2H3;1H/t9-;/m1./s1. The van der Waals surface area contributed by atoms with Gasteiger partial charge in [0, 0.05) is 0 Å². The van der Waals surface area contributed by atoms with Crippen LogP contribution in [0.15, 0.2) is 18.2 Å². The lowest BCUT2D eigenvalue weighted by Crippen LogP contribution is -2.46. The van der Waals surface area contributed by atoms with Crippen molar-refractivity contribution in [3.63, 3.8) is 0 Å². The Bertz CT molecular complexity index is 431. The first-order valence-electron chi connectivity index (χ1n) is 5.07. The van der Waals surface area contributed by atoms with Crippen molar-refractivity contribution in [2.75, 3.05) is 14.2 Å². The molecule has 0 saturated carbocycles. The number of nitrogens with two attached hydrogens (primary N) is 1. The molecule has 20 heavy (non-hydrogen) atoms. The van der Waals surface area contributed by atoms with E-state index in [4.69, 9.17) is 15.2 Å². The van der Waals surface area contributed by atoms with Gasteiger partial charge in [-0.3, -0.25) is 0 Å². The highest BCUT2D eigenvalue weighted by Gasteiger charge is 2.62. The van der Waals surface area contributed by atoms with Gasteiger partial charge in [-0.2, -0.15) is 22.0 Å². The lowest BCUT2D eigenvalue weighted by atomic mass is 9.99. The Morgan fingerprint density at radius 2 is 1.40 bits per heavy atom. The predicted molar refractivity (Wildman–Crippen MR) is 64.7 cm³/mol. The molecule has 1 aromatic rings. The summed E-state index contributed by atoms with van der Waals surface area (Å²) in [7, 11) is 2.27. The van der Waals surface area contributed by atoms with Crippen LogP contribution in [0.1, 0.15) is 11.6 Å². The highest BCUT2D eigenvalue weighted by Crippen LogP contribution is 2.47. The first-order chi connectivity index (χ1) is 8.66. The van der Waals surface area contributed by atoms with Crippen LogP contribution in [0.3, 0.4) is 0 Å². The van der Waals surface area contributed by atoms with Crippen LogP contribution in [0.25, 0.3) is 0 Å². The van der Waals surface area contributed by atoms with E-state index in [1.807, 2.05) is 0 Å². The number of benzene rings is 1. The summed E-state index contributed by atoms with van der Waals surface area (Å²) >= 11 is 0. The Morgan fingerprint density at radius 3 is 1.70 bits per heavy atom. The van der Waals surface area contributed by atoms with E-state index in [1.165, 1.54) is 18.2 Å². The van der Waals surface area contributed by atoms with E-state index >= 15 is 0 Å². The van der Waals surface area contributed by atoms with Crippen molar-refractivity contribution >= 4 is 12.4 Å². The Balaban J connectivity index is 0.00000361. The molecule has 0 amide bonds. The summed E-state index contributed by atoms with van der Waals surface area (Å²) < 4.78 is 73.1. The average molecular weight is 322 g/mol. The number of alkyl halides is 5. The molecule has 1 rings (SSSR count). The van der Waals surface area contributed by atoms with E-state index in [-0.39, 0.29) is 23.9 Å². The molecule has 3 nitrogen and oxygen atoms in total. The molecule has 0 fully saturated rings. The van der Waals surface area contributed by atoms with E-state index in [0.29, 0.717) is 0 Å². The maximum absolute atomic E-state index is 13.3. The van der Waals surface area contributed by atoms with Crippen molar-refractivity contribution in [3.8, 4) is 11.5 Å². The zero-order valence-electron chi connectivity index (χ0n) is 10.5. The molecule has 0 unspecified atom stereocenters. The minimum Gasteiger partial charge on any atom is -0.496 e. The molecular weight excluding hydrogens is 309 g/mol. The summed E-state index contributed by atoms with van der Waals surface area (Å²) in [5.74, 6) is -5.50. The zero-order chi connectivity index (χ0) is 14.8. The molecule has 9 heteroatoms. The molecule has 1 atom stereocenters. The van der Waals surface area contributed by atoms with Crippen molar-refractivity contribution in [2.45, 2.75) is 18.1 Å². The van der Waals surface area contributed by atoms with E-state index < -0.39 is 23.7 Å². The summed E-state index contributed by atoms with van der Waals surface area (Å²) in [5.41, 5.74) is 4.55. The maximum atomic E-state index is 13.3. The summed E-state index contributed by atoms with van der Waals surface area (Å²) in [6, 6.07) is 1.21. The van der Waals surface area contributed by atoms with E-state index in [0.717, 1.165) is 14.2 Å². The highest BCUT2D eigenvalue weighted by atomic mass is 35.5. The van der Waals surface area contributed by atoms with Crippen molar-refractivity contribution in [1.29, 1.82) is 0 Å². The van der Waals surface area contributed by atoms with Crippen LogP contribution in [0.2, 0.25) is 0 Å². The van der Waals surface area contributed by atoms with E-state index in [2.05, 4.69) is 0 Å². The summed E-state index contributed by atoms with van der Waals surface area (Å²) in [5, 5.41) is 0. The van der Waals surface area contributed by atoms with Crippen molar-refractivity contribution in [2.24, 2.45) is 5.73 Å². The Kier molecular flexibility index (Phi) is 6.03. The first-order valence-corrected chi connectivity index (χ1v) is 5.07. The van der Waals surface area contributed by atoms with Crippen LogP contribution in [0.4, 0.5) is 22.0 Å². The molecule has 0 heterocycles. The van der Waals surface area contributed by atoms with Gasteiger partial charge in [-0.1, -0.05) is 6.07 Å². The molecule has 0 aliphatic heterocycles. The molecule has 0 aliphatic carbocycles. The van der Waals surface area contributed by atoms with Crippen molar-refractivity contribution < 1.29 is 31.4 Å². The Morgan fingerprint density at radius 1 is 1.00 bits per heavy atom. The maximum Gasteiger partial charge on any atom is 0.455 e. The molecule has 0 aliphatic rings. The fourth-order valence-corrected chi connectivity index (χ4v) is 1.54. The molecule has 0 spiro atoms. The highest BCUT2D eigenvalue weighted by molar-refractivity contribution is 5.85. The van der Waals surface area contributed by atoms with E-state index in [9.17, 15) is 22.0 Å². The first kappa shape index (κ1) is 18.7. The SMILES string of the molecule is COc1cccc(OC)c1[C@@H](N)C(F)(F)C(F)(F)F.Cl. The fraction of sp³-hybridized carbons (Fsp3) is 0.455. The van der Waals surface area contributed by atoms with Gasteiger partial charge >= 0.3 is 12.1 Å². The Labute approximate surface area is 118 Å². The molecule has 0 aromatic heterocycles. The van der Waals surface area contributed by atoms with E-state index in [1.54, 1.807) is 0 Å². The monoisotopic (exact) mass is 321 g/mol. The van der Waals surface area contributed by atoms with Crippen LogP contribution in [-0.2, 0) is 0 Å². The predicted octanol–water partition coefficient (Wildman–Crippen LogP) is 3.32. The molecule has 1 aromatic carbocycles. The van der Waals surface area contributed by atoms with Crippen LogP contribution in [0.5, 0.6) is 11.5 Å². The van der Waals surface area contributed by atoms with Gasteiger partial charge < -0.3 is 15.2 Å². The number of hydrogen-bond acceptors (Lipinski definition) is 3. The van der Waals surface area contributed by atoms with Gasteiger partial charge in [0.2, 0.25) is 0 Å². The molecule has 0 radical (unpaired) electrons. The molecule has 2 N–H and O–H groups in total. The second kappa shape index (κ2) is 6.45. The van der Waals surface area contributed by atoms with Crippen LogP contribution >= 0.6 is 12.4 Å². The molecule has 0 bridgehead atoms. The number of methoxy groups -OCH3 is 2. The second-order valence-corrected chi connectivity index (χ2v) is 3.67. The summed E-state index contributed by atoms with van der Waals surface area (Å²) in [4.78, 5) is 0. The lowest BCUT2D eigenvalue weighted by Gasteiger charge is -2.27. The van der Waals surface area contributed by atoms with Gasteiger partial charge in [-0.05, 0) is 12.1 Å². The smallest absolute Gasteiger partial charge is 0.455 e. The van der Waals surface area contributed by atoms with Crippen LogP contribution in [0, 0.1) is 0 Å². The number of rotatable bonds is 4. The minimum absolute atomic E-state index is 0. The third-order valence-corrected chi connectivity index (χ3v) is 2.55. The normalized spacial score (nSPS) is 13.4. The lowest BCUT2D eigenvalue weighted by molar-refractivity contribution is -0.291. The van der Waals surface area contributed by atoms with Crippen LogP contribution < -0.4 is 15.2 Å². The molecule has 116 valence electrons. The van der Waals surface area contributed by atoms with Gasteiger partial charge in [0.15, 0.2) is 0 Å². The van der Waals surface area contributed by atoms with Gasteiger partial charge in [0.05, 0.1) is 19.8 Å². The quantitative estimate of drug-likeness (QED) is 0.865. The third kappa shape index (κ3) is 3.24. The third-order valence-electron chi connectivity index (χ3n) is 2.55. The fourth-order valence-electron chi connectivity index (χ4n) is 1.54. The van der Waals surface area contributed by atoms with Gasteiger partial charge in [0.25, 0.3) is 0 Å². The Hall–Kier alpha value is -1.28. The largest absolute Gasteiger partial charge is 0.496 e. The zero-order valence-corrected chi connectivity index (χ0v) is 11.3. The topological polar surface area (TPSA) is 44.5 Å². The number of halogens is 6. The average Bonchev–Trinajstić information content (AvgIpc) is 2.35. The summed E-state index contributed by atoms with van der Waals surface area (Å²) in [6.45, 7) is 0. The van der Waals surface area contributed by atoms with Crippen LogP contribution in [-0.4, -0.2) is 26.3 Å². The molecular formula is C11H13ClF5NO2. The van der Waals surface area contributed by atoms with Gasteiger partial charge in [-0.15, -0.1) is 12.4 Å². The number of ether oxygens (including phenoxy) is 2. The number of hydrogen-bond donors (Lipinski definition) is 1.